The van der Waals surface area contributed by atoms with Gasteiger partial charge in [0.1, 0.15) is 5.82 Å². The van der Waals surface area contributed by atoms with E-state index in [1.54, 1.807) is 12.1 Å². The molecule has 4 rings (SSSR count). The van der Waals surface area contributed by atoms with E-state index in [1.165, 1.54) is 23.5 Å². The molecule has 1 aromatic carbocycles. The third-order valence-corrected chi connectivity index (χ3v) is 6.47. The van der Waals surface area contributed by atoms with Crippen LogP contribution < -0.4 is 10.2 Å². The van der Waals surface area contributed by atoms with Gasteiger partial charge >= 0.3 is 0 Å². The van der Waals surface area contributed by atoms with E-state index in [1.807, 2.05) is 10.3 Å². The van der Waals surface area contributed by atoms with Gasteiger partial charge in [0.2, 0.25) is 11.8 Å². The molecular formula is C21H25FN4O2S. The molecule has 0 unspecified atom stereocenters. The molecule has 0 atom stereocenters. The number of aromatic nitrogens is 1. The fourth-order valence-electron chi connectivity index (χ4n) is 3.97. The van der Waals surface area contributed by atoms with E-state index in [2.05, 4.69) is 15.2 Å². The number of thiazole rings is 1. The van der Waals surface area contributed by atoms with Gasteiger partial charge in [-0.1, -0.05) is 12.8 Å². The van der Waals surface area contributed by atoms with Crippen molar-refractivity contribution in [2.24, 2.45) is 5.92 Å². The average molecular weight is 417 g/mol. The van der Waals surface area contributed by atoms with Gasteiger partial charge in [0, 0.05) is 43.2 Å². The molecule has 1 aromatic heterocycles. The highest BCUT2D eigenvalue weighted by atomic mass is 32.1. The minimum Gasteiger partial charge on any atom is -0.368 e. The van der Waals surface area contributed by atoms with E-state index >= 15 is 0 Å². The first-order valence-electron chi connectivity index (χ1n) is 10.1. The summed E-state index contributed by atoms with van der Waals surface area (Å²) < 4.78 is 13.1. The number of piperazine rings is 1. The predicted octanol–water partition coefficient (Wildman–Crippen LogP) is 3.30. The van der Waals surface area contributed by atoms with Gasteiger partial charge in [-0.3, -0.25) is 9.59 Å². The Morgan fingerprint density at radius 2 is 1.79 bits per heavy atom. The van der Waals surface area contributed by atoms with Gasteiger partial charge in [-0.2, -0.15) is 0 Å². The van der Waals surface area contributed by atoms with E-state index in [9.17, 15) is 14.0 Å². The number of hydrogen-bond acceptors (Lipinski definition) is 5. The molecule has 29 heavy (non-hydrogen) atoms. The summed E-state index contributed by atoms with van der Waals surface area (Å²) in [6.45, 7) is 2.70. The van der Waals surface area contributed by atoms with Gasteiger partial charge in [0.15, 0.2) is 5.13 Å². The summed E-state index contributed by atoms with van der Waals surface area (Å²) in [6, 6.07) is 6.45. The molecule has 2 fully saturated rings. The number of amides is 2. The van der Waals surface area contributed by atoms with Crippen LogP contribution in [0.25, 0.3) is 0 Å². The Morgan fingerprint density at radius 1 is 1.10 bits per heavy atom. The van der Waals surface area contributed by atoms with Crippen LogP contribution in [0.5, 0.6) is 0 Å². The van der Waals surface area contributed by atoms with Crippen molar-refractivity contribution in [1.29, 1.82) is 0 Å². The molecule has 1 aliphatic heterocycles. The summed E-state index contributed by atoms with van der Waals surface area (Å²) in [6.07, 6.45) is 4.37. The molecule has 1 saturated carbocycles. The number of nitrogens with zero attached hydrogens (tertiary/aromatic N) is 3. The van der Waals surface area contributed by atoms with E-state index in [4.69, 9.17) is 0 Å². The second kappa shape index (κ2) is 8.90. The van der Waals surface area contributed by atoms with Crippen molar-refractivity contribution in [3.05, 3.63) is 41.2 Å². The third kappa shape index (κ3) is 4.93. The lowest BCUT2D eigenvalue weighted by Gasteiger charge is -2.36. The quantitative estimate of drug-likeness (QED) is 0.812. The lowest BCUT2D eigenvalue weighted by Crippen LogP contribution is -2.49. The van der Waals surface area contributed by atoms with Crippen LogP contribution >= 0.6 is 11.3 Å². The number of rotatable bonds is 5. The van der Waals surface area contributed by atoms with Crippen LogP contribution in [0.1, 0.15) is 31.4 Å². The Balaban J connectivity index is 1.26. The molecule has 2 aliphatic rings. The highest BCUT2D eigenvalue weighted by Gasteiger charge is 2.24. The molecule has 154 valence electrons. The smallest absolute Gasteiger partial charge is 0.229 e. The van der Waals surface area contributed by atoms with Crippen LogP contribution in [0.4, 0.5) is 15.2 Å². The fraction of sp³-hybridized carbons (Fsp3) is 0.476. The molecule has 2 amide bonds. The highest BCUT2D eigenvalue weighted by molar-refractivity contribution is 7.13. The molecule has 1 N–H and O–H groups in total. The second-order valence-electron chi connectivity index (χ2n) is 7.64. The summed E-state index contributed by atoms with van der Waals surface area (Å²) in [7, 11) is 0. The second-order valence-corrected chi connectivity index (χ2v) is 8.49. The first-order chi connectivity index (χ1) is 14.1. The molecule has 1 aliphatic carbocycles. The molecule has 0 spiro atoms. The van der Waals surface area contributed by atoms with Crippen LogP contribution in [-0.2, 0) is 16.0 Å². The lowest BCUT2D eigenvalue weighted by atomic mass is 10.1. The van der Waals surface area contributed by atoms with Crippen LogP contribution in [-0.4, -0.2) is 47.9 Å². The molecule has 8 heteroatoms. The van der Waals surface area contributed by atoms with Crippen molar-refractivity contribution >= 4 is 34.0 Å². The van der Waals surface area contributed by atoms with Gasteiger partial charge < -0.3 is 15.1 Å². The number of halogens is 1. The van der Waals surface area contributed by atoms with Crippen molar-refractivity contribution < 1.29 is 14.0 Å². The first-order valence-corrected chi connectivity index (χ1v) is 11.0. The van der Waals surface area contributed by atoms with Gasteiger partial charge in [-0.15, -0.1) is 11.3 Å². The topological polar surface area (TPSA) is 65.5 Å². The Hall–Kier alpha value is -2.48. The van der Waals surface area contributed by atoms with Crippen molar-refractivity contribution in [3.8, 4) is 0 Å². The Morgan fingerprint density at radius 3 is 2.48 bits per heavy atom. The van der Waals surface area contributed by atoms with E-state index in [-0.39, 0.29) is 30.0 Å². The molecule has 2 heterocycles. The predicted molar refractivity (Wildman–Crippen MR) is 112 cm³/mol. The number of benzene rings is 1. The third-order valence-electron chi connectivity index (χ3n) is 5.66. The molecule has 0 bridgehead atoms. The minimum absolute atomic E-state index is 0.0442. The van der Waals surface area contributed by atoms with Crippen LogP contribution in [0, 0.1) is 11.7 Å². The van der Waals surface area contributed by atoms with Gasteiger partial charge in [-0.05, 0) is 37.1 Å². The molecule has 2 aromatic rings. The number of hydrogen-bond donors (Lipinski definition) is 1. The van der Waals surface area contributed by atoms with E-state index < -0.39 is 0 Å². The lowest BCUT2D eigenvalue weighted by molar-refractivity contribution is -0.130. The fourth-order valence-corrected chi connectivity index (χ4v) is 4.69. The highest BCUT2D eigenvalue weighted by Crippen LogP contribution is 2.27. The largest absolute Gasteiger partial charge is 0.368 e. The Bertz CT molecular complexity index is 856. The van der Waals surface area contributed by atoms with Crippen molar-refractivity contribution in [2.45, 2.75) is 32.1 Å². The minimum atomic E-state index is -0.246. The number of anilines is 2. The van der Waals surface area contributed by atoms with Gasteiger partial charge in [-0.25, -0.2) is 9.37 Å². The molecule has 1 saturated heterocycles. The SMILES string of the molecule is O=C(Nc1nc(CC(=O)N2CCN(c3ccc(F)cc3)CC2)cs1)C1CCCC1. The summed E-state index contributed by atoms with van der Waals surface area (Å²) in [5.74, 6) is -0.0552. The number of nitrogens with one attached hydrogen (secondary N) is 1. The van der Waals surface area contributed by atoms with E-state index in [0.717, 1.165) is 44.5 Å². The zero-order valence-corrected chi connectivity index (χ0v) is 17.1. The van der Waals surface area contributed by atoms with Crippen molar-refractivity contribution in [3.63, 3.8) is 0 Å². The van der Waals surface area contributed by atoms with Crippen LogP contribution in [0.3, 0.4) is 0 Å². The Kier molecular flexibility index (Phi) is 6.08. The maximum absolute atomic E-state index is 13.1. The number of carbonyl (C=O) groups excluding carboxylic acids is 2. The Labute approximate surface area is 173 Å². The first kappa shape index (κ1) is 19.8. The van der Waals surface area contributed by atoms with Gasteiger partial charge in [0.05, 0.1) is 12.1 Å². The van der Waals surface area contributed by atoms with Gasteiger partial charge in [0.25, 0.3) is 0 Å². The summed E-state index contributed by atoms with van der Waals surface area (Å²) in [5, 5.41) is 5.31. The monoisotopic (exact) mass is 416 g/mol. The summed E-state index contributed by atoms with van der Waals surface area (Å²) >= 11 is 1.37. The van der Waals surface area contributed by atoms with Crippen LogP contribution in [0.2, 0.25) is 0 Å². The summed E-state index contributed by atoms with van der Waals surface area (Å²) in [5.41, 5.74) is 1.67. The summed E-state index contributed by atoms with van der Waals surface area (Å²) in [4.78, 5) is 33.3. The number of carbonyl (C=O) groups is 2. The zero-order chi connectivity index (χ0) is 20.2. The normalized spacial score (nSPS) is 17.6. The van der Waals surface area contributed by atoms with Crippen LogP contribution in [0.15, 0.2) is 29.6 Å². The van der Waals surface area contributed by atoms with Crippen molar-refractivity contribution in [2.75, 3.05) is 36.4 Å². The standard InChI is InChI=1S/C21H25FN4O2S/c22-16-5-7-18(8-6-16)25-9-11-26(12-10-25)19(27)13-17-14-29-21(23-17)24-20(28)15-3-1-2-4-15/h5-8,14-15H,1-4,9-13H2,(H,23,24,28). The molecule has 6 nitrogen and oxygen atoms in total. The van der Waals surface area contributed by atoms with Crippen molar-refractivity contribution in [1.82, 2.24) is 9.88 Å². The maximum Gasteiger partial charge on any atom is 0.229 e. The molecular weight excluding hydrogens is 391 g/mol. The zero-order valence-electron chi connectivity index (χ0n) is 16.3. The van der Waals surface area contributed by atoms with E-state index in [0.29, 0.717) is 23.9 Å². The maximum atomic E-state index is 13.1. The molecule has 0 radical (unpaired) electrons. The average Bonchev–Trinajstić information content (AvgIpc) is 3.41.